The van der Waals surface area contributed by atoms with Crippen LogP contribution >= 0.6 is 0 Å². The first kappa shape index (κ1) is 30.3. The first-order valence-electron chi connectivity index (χ1n) is 15.3. The highest BCUT2D eigenvalue weighted by Crippen LogP contribution is 2.27. The zero-order valence-electron chi connectivity index (χ0n) is 26.2. The molecule has 44 heavy (non-hydrogen) atoms. The minimum atomic E-state index is 1.32. The molecule has 0 aliphatic rings. The van der Waals surface area contributed by atoms with Crippen LogP contribution < -0.4 is 0 Å². The molecule has 0 saturated heterocycles. The zero-order valence-corrected chi connectivity index (χ0v) is 26.2. The van der Waals surface area contributed by atoms with Crippen LogP contribution in [0, 0.1) is 27.7 Å². The van der Waals surface area contributed by atoms with Crippen molar-refractivity contribution in [2.24, 2.45) is 0 Å². The molecule has 0 radical (unpaired) electrons. The predicted molar refractivity (Wildman–Crippen MR) is 195 cm³/mol. The lowest BCUT2D eigenvalue weighted by Gasteiger charge is -2.06. The summed E-state index contributed by atoms with van der Waals surface area (Å²) in [5, 5.41) is 10.7. The molecule has 0 N–H and O–H groups in total. The van der Waals surface area contributed by atoms with E-state index < -0.39 is 0 Å². The maximum atomic E-state index is 2.26. The minimum Gasteiger partial charge on any atom is -0.0622 e. The summed E-state index contributed by atoms with van der Waals surface area (Å²) in [5.74, 6) is 0. The van der Waals surface area contributed by atoms with Crippen molar-refractivity contribution in [3.63, 3.8) is 0 Å². The Morgan fingerprint density at radius 2 is 0.773 bits per heavy atom. The number of aryl methyl sites for hydroxylation is 4. The molecule has 0 fully saturated rings. The molecular weight excluding hydrogens is 528 g/mol. The van der Waals surface area contributed by atoms with Crippen LogP contribution in [0.3, 0.4) is 0 Å². The molecule has 0 aliphatic heterocycles. The summed E-state index contributed by atoms with van der Waals surface area (Å²) in [5.41, 5.74) is 5.35. The highest BCUT2D eigenvalue weighted by Gasteiger charge is 2.01. The summed E-state index contributed by atoms with van der Waals surface area (Å²) in [7, 11) is 0. The van der Waals surface area contributed by atoms with Gasteiger partial charge in [-0.3, -0.25) is 0 Å². The SMILES string of the molecule is Cc1cc2ccccc2c2ccccc12.Cc1ccc2ccccc2c1.Cc1cccc2ccccc12.Cc1ccccc1. The predicted octanol–water partition coefficient (Wildman–Crippen LogP) is 12.6. The summed E-state index contributed by atoms with van der Waals surface area (Å²) in [6.45, 7) is 8.52. The number of hydrogen-bond acceptors (Lipinski definition) is 0. The van der Waals surface area contributed by atoms with Gasteiger partial charge in [0.05, 0.1) is 0 Å². The van der Waals surface area contributed by atoms with E-state index in [1.54, 1.807) is 0 Å². The van der Waals surface area contributed by atoms with Crippen LogP contribution in [-0.4, -0.2) is 0 Å². The summed E-state index contributed by atoms with van der Waals surface area (Å²) in [4.78, 5) is 0. The summed E-state index contributed by atoms with van der Waals surface area (Å²) >= 11 is 0. The second-order valence-electron chi connectivity index (χ2n) is 11.3. The maximum absolute atomic E-state index is 2.26. The van der Waals surface area contributed by atoms with E-state index in [0.29, 0.717) is 0 Å². The van der Waals surface area contributed by atoms with Gasteiger partial charge in [0.25, 0.3) is 0 Å². The molecule has 0 aromatic heterocycles. The van der Waals surface area contributed by atoms with Crippen LogP contribution in [0.2, 0.25) is 0 Å². The molecule has 0 heteroatoms. The Morgan fingerprint density at radius 1 is 0.250 bits per heavy atom. The molecular formula is C44H40. The van der Waals surface area contributed by atoms with Crippen molar-refractivity contribution < 1.29 is 0 Å². The second-order valence-corrected chi connectivity index (χ2v) is 11.3. The lowest BCUT2D eigenvalue weighted by molar-refractivity contribution is 1.48. The average molecular weight is 569 g/mol. The summed E-state index contributed by atoms with van der Waals surface area (Å²) in [6, 6.07) is 59.4. The van der Waals surface area contributed by atoms with Gasteiger partial charge in [0.15, 0.2) is 0 Å². The quantitative estimate of drug-likeness (QED) is 0.160. The number of fused-ring (bicyclic) bond motifs is 5. The zero-order chi connectivity index (χ0) is 30.7. The van der Waals surface area contributed by atoms with Gasteiger partial charge in [-0.25, -0.2) is 0 Å². The average Bonchev–Trinajstić information content (AvgIpc) is 3.06. The van der Waals surface area contributed by atoms with Crippen molar-refractivity contribution in [3.05, 3.63) is 192 Å². The van der Waals surface area contributed by atoms with E-state index in [2.05, 4.69) is 179 Å². The lowest BCUT2D eigenvalue weighted by atomic mass is 9.98. The monoisotopic (exact) mass is 568 g/mol. The van der Waals surface area contributed by atoms with E-state index in [1.165, 1.54) is 65.3 Å². The Kier molecular flexibility index (Phi) is 10.2. The van der Waals surface area contributed by atoms with Gasteiger partial charge in [-0.2, -0.15) is 0 Å². The molecule has 8 aromatic carbocycles. The molecule has 0 atom stereocenters. The van der Waals surface area contributed by atoms with Gasteiger partial charge >= 0.3 is 0 Å². The molecule has 0 spiro atoms. The van der Waals surface area contributed by atoms with E-state index >= 15 is 0 Å². The van der Waals surface area contributed by atoms with Crippen LogP contribution in [0.4, 0.5) is 0 Å². The second kappa shape index (κ2) is 14.8. The van der Waals surface area contributed by atoms with Gasteiger partial charge in [-0.15, -0.1) is 0 Å². The molecule has 0 bridgehead atoms. The van der Waals surface area contributed by atoms with Gasteiger partial charge in [-0.1, -0.05) is 181 Å². The number of rotatable bonds is 0. The van der Waals surface area contributed by atoms with Crippen LogP contribution in [0.1, 0.15) is 22.3 Å². The third-order valence-electron chi connectivity index (χ3n) is 7.83. The number of benzene rings is 8. The van der Waals surface area contributed by atoms with E-state index in [4.69, 9.17) is 0 Å². The smallest absolute Gasteiger partial charge is 0.0103 e. The standard InChI is InChI=1S/C15H12.2C11H10.C7H8/c1-11-10-12-6-2-3-8-14(12)15-9-5-4-7-13(11)15;1-9-5-4-7-10-6-2-3-8-11(9)10;1-9-6-7-10-4-2-3-5-11(10)8-9;1-7-5-3-2-4-6-7/h2-10H,1H3;2*2-8H,1H3;2-6H,1H3. The van der Waals surface area contributed by atoms with Gasteiger partial charge < -0.3 is 0 Å². The molecule has 0 aliphatic carbocycles. The summed E-state index contributed by atoms with van der Waals surface area (Å²) in [6.07, 6.45) is 0. The fraction of sp³-hybridized carbons (Fsp3) is 0.0909. The molecule has 216 valence electrons. The van der Waals surface area contributed by atoms with E-state index in [1.807, 2.05) is 18.2 Å². The lowest BCUT2D eigenvalue weighted by Crippen LogP contribution is -1.81. The van der Waals surface area contributed by atoms with Crippen molar-refractivity contribution in [1.82, 2.24) is 0 Å². The topological polar surface area (TPSA) is 0 Å². The normalized spacial score (nSPS) is 10.3. The Hall–Kier alpha value is -5.20. The van der Waals surface area contributed by atoms with Crippen LogP contribution in [0.15, 0.2) is 170 Å². The van der Waals surface area contributed by atoms with E-state index in [-0.39, 0.29) is 0 Å². The largest absolute Gasteiger partial charge is 0.0622 e. The Balaban J connectivity index is 0.000000120. The van der Waals surface area contributed by atoms with Crippen molar-refractivity contribution in [1.29, 1.82) is 0 Å². The van der Waals surface area contributed by atoms with Crippen LogP contribution in [-0.2, 0) is 0 Å². The van der Waals surface area contributed by atoms with Crippen molar-refractivity contribution >= 4 is 43.1 Å². The van der Waals surface area contributed by atoms with Gasteiger partial charge in [0, 0.05) is 0 Å². The maximum Gasteiger partial charge on any atom is -0.0103 e. The Labute approximate surface area is 262 Å². The Morgan fingerprint density at radius 3 is 1.43 bits per heavy atom. The van der Waals surface area contributed by atoms with Gasteiger partial charge in [0.1, 0.15) is 0 Å². The highest BCUT2D eigenvalue weighted by atomic mass is 14.1. The summed E-state index contributed by atoms with van der Waals surface area (Å²) < 4.78 is 0. The molecule has 0 saturated carbocycles. The molecule has 0 unspecified atom stereocenters. The van der Waals surface area contributed by atoms with Gasteiger partial charge in [-0.05, 0) is 81.9 Å². The third kappa shape index (κ3) is 7.79. The van der Waals surface area contributed by atoms with E-state index in [9.17, 15) is 0 Å². The fourth-order valence-electron chi connectivity index (χ4n) is 5.47. The highest BCUT2D eigenvalue weighted by molar-refractivity contribution is 6.08. The first-order chi connectivity index (χ1) is 21.5. The minimum absolute atomic E-state index is 1.32. The van der Waals surface area contributed by atoms with Crippen LogP contribution in [0.5, 0.6) is 0 Å². The van der Waals surface area contributed by atoms with Gasteiger partial charge in [0.2, 0.25) is 0 Å². The first-order valence-corrected chi connectivity index (χ1v) is 15.3. The number of hydrogen-bond donors (Lipinski definition) is 0. The Bertz CT molecular complexity index is 2090. The van der Waals surface area contributed by atoms with Crippen molar-refractivity contribution in [2.45, 2.75) is 27.7 Å². The molecule has 0 amide bonds. The van der Waals surface area contributed by atoms with Crippen LogP contribution in [0.25, 0.3) is 43.1 Å². The molecule has 0 nitrogen and oxygen atoms in total. The fourth-order valence-corrected chi connectivity index (χ4v) is 5.47. The molecule has 8 rings (SSSR count). The molecule has 0 heterocycles. The van der Waals surface area contributed by atoms with Crippen molar-refractivity contribution in [2.75, 3.05) is 0 Å². The van der Waals surface area contributed by atoms with Crippen molar-refractivity contribution in [3.8, 4) is 0 Å². The third-order valence-corrected chi connectivity index (χ3v) is 7.83. The van der Waals surface area contributed by atoms with E-state index in [0.717, 1.165) is 0 Å². The molecule has 8 aromatic rings.